The Balaban J connectivity index is 3.71. The third-order valence-electron chi connectivity index (χ3n) is 1.03. The molecule has 0 bridgehead atoms. The van der Waals surface area contributed by atoms with Crippen molar-refractivity contribution in [3.8, 4) is 0 Å². The van der Waals surface area contributed by atoms with E-state index in [0.717, 1.165) is 0 Å². The highest BCUT2D eigenvalue weighted by molar-refractivity contribution is 6.33. The number of esters is 1. The maximum absolute atomic E-state index is 11.0. The van der Waals surface area contributed by atoms with Gasteiger partial charge < -0.3 is 4.74 Å². The van der Waals surface area contributed by atoms with Gasteiger partial charge in [0.15, 0.2) is 0 Å². The van der Waals surface area contributed by atoms with Crippen molar-refractivity contribution in [1.82, 2.24) is 0 Å². The largest absolute Gasteiger partial charge is 0.464 e. The number of ether oxygens (including phenoxy) is 1. The molecule has 0 aliphatic rings. The van der Waals surface area contributed by atoms with E-state index in [2.05, 4.69) is 0 Å². The first-order valence-electron chi connectivity index (χ1n) is 3.70. The van der Waals surface area contributed by atoms with E-state index in [1.165, 1.54) is 0 Å². The lowest BCUT2D eigenvalue weighted by atomic mass is 10.2. The van der Waals surface area contributed by atoms with Crippen LogP contribution in [-0.2, 0) is 9.53 Å². The van der Waals surface area contributed by atoms with Crippen LogP contribution in [0.5, 0.6) is 0 Å². The van der Waals surface area contributed by atoms with Crippen LogP contribution in [0.2, 0.25) is 0 Å². The Bertz CT molecular complexity index is 136. The average molecular weight is 179 g/mol. The van der Waals surface area contributed by atoms with Gasteiger partial charge >= 0.3 is 5.97 Å². The molecule has 0 radical (unpaired) electrons. The molecule has 0 N–H and O–H groups in total. The third kappa shape index (κ3) is 5.08. The van der Waals surface area contributed by atoms with E-state index >= 15 is 0 Å². The summed E-state index contributed by atoms with van der Waals surface area (Å²) in [5, 5.41) is 0. The van der Waals surface area contributed by atoms with Crippen molar-refractivity contribution in [2.24, 2.45) is 5.92 Å². The quantitative estimate of drug-likeness (QED) is 0.489. The first-order valence-corrected chi connectivity index (χ1v) is 4.08. The Hall–Kier alpha value is -0.240. The molecule has 0 rings (SSSR count). The first-order chi connectivity index (χ1) is 4.84. The van der Waals surface area contributed by atoms with Crippen molar-refractivity contribution in [2.75, 3.05) is 6.61 Å². The Morgan fingerprint density at radius 1 is 1.55 bits per heavy atom. The van der Waals surface area contributed by atoms with Crippen LogP contribution in [-0.4, -0.2) is 17.5 Å². The van der Waals surface area contributed by atoms with Gasteiger partial charge in [0.2, 0.25) is 0 Å². The highest BCUT2D eigenvalue weighted by Gasteiger charge is 2.25. The van der Waals surface area contributed by atoms with Crippen molar-refractivity contribution >= 4 is 17.6 Å². The smallest absolute Gasteiger partial charge is 0.326 e. The topological polar surface area (TPSA) is 26.3 Å². The van der Waals surface area contributed by atoms with Crippen LogP contribution in [0.3, 0.4) is 0 Å². The second kappa shape index (κ2) is 3.96. The molecule has 0 heterocycles. The van der Waals surface area contributed by atoms with Gasteiger partial charge in [-0.3, -0.25) is 4.79 Å². The van der Waals surface area contributed by atoms with Gasteiger partial charge in [-0.1, -0.05) is 13.8 Å². The van der Waals surface area contributed by atoms with E-state index < -0.39 is 4.87 Å². The fourth-order valence-corrected chi connectivity index (χ4v) is 0.469. The zero-order valence-corrected chi connectivity index (χ0v) is 8.23. The lowest BCUT2D eigenvalue weighted by Crippen LogP contribution is -2.28. The van der Waals surface area contributed by atoms with E-state index in [4.69, 9.17) is 16.3 Å². The van der Waals surface area contributed by atoms with Gasteiger partial charge in [-0.2, -0.15) is 0 Å². The average Bonchev–Trinajstić information content (AvgIpc) is 1.80. The molecule has 0 unspecified atom stereocenters. The molecule has 0 saturated heterocycles. The van der Waals surface area contributed by atoms with E-state index in [0.29, 0.717) is 12.5 Å². The maximum Gasteiger partial charge on any atom is 0.326 e. The lowest BCUT2D eigenvalue weighted by Gasteiger charge is -2.15. The van der Waals surface area contributed by atoms with Crippen molar-refractivity contribution in [1.29, 1.82) is 0 Å². The highest BCUT2D eigenvalue weighted by Crippen LogP contribution is 2.14. The Morgan fingerprint density at radius 2 is 2.00 bits per heavy atom. The number of carbonyl (C=O) groups is 1. The lowest BCUT2D eigenvalue weighted by molar-refractivity contribution is -0.147. The molecule has 0 aromatic carbocycles. The summed E-state index contributed by atoms with van der Waals surface area (Å²) in [4.78, 5) is 10.1. The minimum absolute atomic E-state index is 0.354. The molecule has 11 heavy (non-hydrogen) atoms. The highest BCUT2D eigenvalue weighted by atomic mass is 35.5. The molecule has 0 aliphatic carbocycles. The molecule has 0 aromatic heterocycles. The predicted molar refractivity (Wildman–Crippen MR) is 45.7 cm³/mol. The SMILES string of the molecule is CC(C)COC(=O)C(C)(C)Cl. The third-order valence-corrected chi connectivity index (χ3v) is 1.19. The fraction of sp³-hybridized carbons (Fsp3) is 0.875. The summed E-state index contributed by atoms with van der Waals surface area (Å²) in [5.41, 5.74) is 0. The summed E-state index contributed by atoms with van der Waals surface area (Å²) < 4.78 is 4.90. The summed E-state index contributed by atoms with van der Waals surface area (Å²) >= 11 is 5.69. The molecular weight excluding hydrogens is 164 g/mol. The molecule has 66 valence electrons. The molecule has 0 amide bonds. The van der Waals surface area contributed by atoms with E-state index in [1.807, 2.05) is 13.8 Å². The van der Waals surface area contributed by atoms with E-state index in [-0.39, 0.29) is 5.97 Å². The standard InChI is InChI=1S/C8H15ClO2/c1-6(2)5-11-7(10)8(3,4)9/h6H,5H2,1-4H3. The number of halogens is 1. The van der Waals surface area contributed by atoms with Gasteiger partial charge in [-0.25, -0.2) is 0 Å². The van der Waals surface area contributed by atoms with Gasteiger partial charge in [0, 0.05) is 0 Å². The van der Waals surface area contributed by atoms with Crippen molar-refractivity contribution < 1.29 is 9.53 Å². The van der Waals surface area contributed by atoms with Gasteiger partial charge in [0.05, 0.1) is 6.61 Å². The zero-order valence-electron chi connectivity index (χ0n) is 7.48. The van der Waals surface area contributed by atoms with Crippen LogP contribution >= 0.6 is 11.6 Å². The van der Waals surface area contributed by atoms with Crippen LogP contribution < -0.4 is 0 Å². The first kappa shape index (κ1) is 10.8. The normalized spacial score (nSPS) is 11.8. The van der Waals surface area contributed by atoms with Crippen LogP contribution in [0.1, 0.15) is 27.7 Å². The van der Waals surface area contributed by atoms with Crippen molar-refractivity contribution in [3.63, 3.8) is 0 Å². The minimum Gasteiger partial charge on any atom is -0.464 e. The number of alkyl halides is 1. The van der Waals surface area contributed by atoms with Crippen molar-refractivity contribution in [2.45, 2.75) is 32.6 Å². The molecule has 3 heteroatoms. The minimum atomic E-state index is -0.894. The van der Waals surface area contributed by atoms with E-state index in [1.54, 1.807) is 13.8 Å². The molecule has 0 saturated carbocycles. The Morgan fingerprint density at radius 3 is 2.27 bits per heavy atom. The summed E-state index contributed by atoms with van der Waals surface area (Å²) in [5.74, 6) is 0.00540. The summed E-state index contributed by atoms with van der Waals surface area (Å²) in [6.45, 7) is 7.65. The fourth-order valence-electron chi connectivity index (χ4n) is 0.414. The summed E-state index contributed by atoms with van der Waals surface area (Å²) in [6.07, 6.45) is 0. The molecule has 2 nitrogen and oxygen atoms in total. The van der Waals surface area contributed by atoms with Gasteiger partial charge in [0.1, 0.15) is 4.87 Å². The second-order valence-corrected chi connectivity index (χ2v) is 4.41. The molecular formula is C8H15ClO2. The number of carbonyl (C=O) groups excluding carboxylic acids is 1. The number of rotatable bonds is 3. The monoisotopic (exact) mass is 178 g/mol. The summed E-state index contributed by atoms with van der Waals surface area (Å²) in [6, 6.07) is 0. The van der Waals surface area contributed by atoms with Gasteiger partial charge in [-0.15, -0.1) is 11.6 Å². The molecule has 0 spiro atoms. The molecule has 0 aliphatic heterocycles. The summed E-state index contributed by atoms with van der Waals surface area (Å²) in [7, 11) is 0. The zero-order chi connectivity index (χ0) is 9.07. The van der Waals surface area contributed by atoms with Gasteiger partial charge in [-0.05, 0) is 19.8 Å². The molecule has 0 atom stereocenters. The van der Waals surface area contributed by atoms with Crippen LogP contribution in [0.4, 0.5) is 0 Å². The molecule has 0 fully saturated rings. The predicted octanol–water partition coefficient (Wildman–Crippen LogP) is 2.20. The van der Waals surface area contributed by atoms with Crippen LogP contribution in [0.15, 0.2) is 0 Å². The van der Waals surface area contributed by atoms with Crippen molar-refractivity contribution in [3.05, 3.63) is 0 Å². The number of hydrogen-bond donors (Lipinski definition) is 0. The van der Waals surface area contributed by atoms with Crippen LogP contribution in [0, 0.1) is 5.92 Å². The maximum atomic E-state index is 11.0. The Kier molecular flexibility index (Phi) is 3.87. The van der Waals surface area contributed by atoms with E-state index in [9.17, 15) is 4.79 Å². The molecule has 0 aromatic rings. The number of hydrogen-bond acceptors (Lipinski definition) is 2. The second-order valence-electron chi connectivity index (χ2n) is 3.46. The Labute approximate surface area is 72.9 Å². The van der Waals surface area contributed by atoms with Crippen LogP contribution in [0.25, 0.3) is 0 Å². The van der Waals surface area contributed by atoms with Gasteiger partial charge in [0.25, 0.3) is 0 Å².